The molecule has 4 N–H and O–H groups in total. The fourth-order valence-electron chi connectivity index (χ4n) is 1.13. The van der Waals surface area contributed by atoms with Gasteiger partial charge in [-0.1, -0.05) is 12.2 Å². The van der Waals surface area contributed by atoms with Crippen molar-refractivity contribution in [1.82, 2.24) is 0 Å². The predicted octanol–water partition coefficient (Wildman–Crippen LogP) is 1.17. The second-order valence-corrected chi connectivity index (χ2v) is 3.07. The fourth-order valence-corrected chi connectivity index (χ4v) is 1.13. The molecular weight excluding hydrogens is 192 g/mol. The van der Waals surface area contributed by atoms with Gasteiger partial charge in [0.05, 0.1) is 7.11 Å². The van der Waals surface area contributed by atoms with E-state index >= 15 is 0 Å². The van der Waals surface area contributed by atoms with Crippen LogP contribution >= 0.6 is 0 Å². The molecule has 1 aromatic rings. The number of anilines is 1. The van der Waals surface area contributed by atoms with Gasteiger partial charge in [-0.15, -0.1) is 0 Å². The first-order valence-corrected chi connectivity index (χ1v) is 4.52. The van der Waals surface area contributed by atoms with Crippen molar-refractivity contribution in [3.8, 4) is 5.75 Å². The third-order valence-electron chi connectivity index (χ3n) is 1.91. The second-order valence-electron chi connectivity index (χ2n) is 3.07. The van der Waals surface area contributed by atoms with Crippen LogP contribution in [0.4, 0.5) is 5.69 Å². The second kappa shape index (κ2) is 5.05. The summed E-state index contributed by atoms with van der Waals surface area (Å²) in [5.74, 6) is 0.357. The van der Waals surface area contributed by atoms with E-state index < -0.39 is 0 Å². The number of amides is 1. The summed E-state index contributed by atoms with van der Waals surface area (Å²) in [6.45, 7) is 0. The van der Waals surface area contributed by atoms with Crippen LogP contribution in [0.2, 0.25) is 0 Å². The summed E-state index contributed by atoms with van der Waals surface area (Å²) in [6, 6.07) is 5.33. The number of hydrogen-bond donors (Lipinski definition) is 2. The van der Waals surface area contributed by atoms with Crippen LogP contribution in [0, 0.1) is 0 Å². The molecule has 0 saturated carbocycles. The van der Waals surface area contributed by atoms with Crippen LogP contribution in [0.15, 0.2) is 24.3 Å². The zero-order valence-electron chi connectivity index (χ0n) is 8.57. The quantitative estimate of drug-likeness (QED) is 0.726. The molecule has 0 aliphatic carbocycles. The van der Waals surface area contributed by atoms with Gasteiger partial charge in [-0.25, -0.2) is 0 Å². The van der Waals surface area contributed by atoms with Crippen molar-refractivity contribution >= 4 is 17.7 Å². The molecule has 1 aromatic carbocycles. The number of benzene rings is 1. The molecule has 4 nitrogen and oxygen atoms in total. The standard InChI is InChI=1S/C11H14N2O2/c1-15-9-5-6-10(12)8(7-9)3-2-4-11(13)14/h2-3,5-7H,4,12H2,1H3,(H2,13,14). The topological polar surface area (TPSA) is 78.3 Å². The van der Waals surface area contributed by atoms with E-state index in [1.54, 1.807) is 37.5 Å². The van der Waals surface area contributed by atoms with Gasteiger partial charge in [0.25, 0.3) is 0 Å². The highest BCUT2D eigenvalue weighted by atomic mass is 16.5. The number of ether oxygens (including phenoxy) is 1. The molecule has 0 heterocycles. The van der Waals surface area contributed by atoms with Crippen LogP contribution in [-0.4, -0.2) is 13.0 Å². The number of nitrogens with two attached hydrogens (primary N) is 2. The number of carbonyl (C=O) groups is 1. The summed E-state index contributed by atoms with van der Waals surface area (Å²) in [6.07, 6.45) is 3.63. The van der Waals surface area contributed by atoms with Gasteiger partial charge in [0, 0.05) is 17.7 Å². The van der Waals surface area contributed by atoms with Gasteiger partial charge in [0.1, 0.15) is 5.75 Å². The summed E-state index contributed by atoms with van der Waals surface area (Å²) in [5.41, 5.74) is 12.2. The van der Waals surface area contributed by atoms with E-state index in [2.05, 4.69) is 0 Å². The number of methoxy groups -OCH3 is 1. The SMILES string of the molecule is COc1ccc(N)c(C=CCC(N)=O)c1. The molecule has 0 atom stereocenters. The van der Waals surface area contributed by atoms with Gasteiger partial charge in [-0.2, -0.15) is 0 Å². The molecule has 0 unspecified atom stereocenters. The number of carbonyl (C=O) groups excluding carboxylic acids is 1. The Morgan fingerprint density at radius 1 is 1.53 bits per heavy atom. The minimum atomic E-state index is -0.368. The van der Waals surface area contributed by atoms with E-state index in [1.165, 1.54) is 0 Å². The Labute approximate surface area is 88.5 Å². The lowest BCUT2D eigenvalue weighted by atomic mass is 10.1. The van der Waals surface area contributed by atoms with Gasteiger partial charge in [-0.05, 0) is 18.2 Å². The van der Waals surface area contributed by atoms with E-state index in [-0.39, 0.29) is 12.3 Å². The molecule has 0 fully saturated rings. The molecule has 0 aliphatic heterocycles. The van der Waals surface area contributed by atoms with Crippen molar-refractivity contribution in [1.29, 1.82) is 0 Å². The summed E-state index contributed by atoms with van der Waals surface area (Å²) >= 11 is 0. The lowest BCUT2D eigenvalue weighted by molar-refractivity contribution is -0.117. The van der Waals surface area contributed by atoms with Crippen molar-refractivity contribution in [2.75, 3.05) is 12.8 Å². The van der Waals surface area contributed by atoms with Gasteiger partial charge in [0.2, 0.25) is 5.91 Å². The van der Waals surface area contributed by atoms with E-state index in [0.717, 1.165) is 11.3 Å². The zero-order chi connectivity index (χ0) is 11.3. The lowest BCUT2D eigenvalue weighted by Gasteiger charge is -2.03. The summed E-state index contributed by atoms with van der Waals surface area (Å²) in [5, 5.41) is 0. The van der Waals surface area contributed by atoms with Crippen molar-refractivity contribution in [3.63, 3.8) is 0 Å². The summed E-state index contributed by atoms with van der Waals surface area (Å²) < 4.78 is 5.06. The fraction of sp³-hybridized carbons (Fsp3) is 0.182. The number of primary amides is 1. The van der Waals surface area contributed by atoms with Gasteiger partial charge < -0.3 is 16.2 Å². The monoisotopic (exact) mass is 206 g/mol. The largest absolute Gasteiger partial charge is 0.497 e. The van der Waals surface area contributed by atoms with Crippen LogP contribution in [0.25, 0.3) is 6.08 Å². The summed E-state index contributed by atoms with van der Waals surface area (Å²) in [4.78, 5) is 10.5. The Hall–Kier alpha value is -1.97. The molecular formula is C11H14N2O2. The third kappa shape index (κ3) is 3.34. The van der Waals surface area contributed by atoms with Crippen LogP contribution < -0.4 is 16.2 Å². The van der Waals surface area contributed by atoms with Crippen LogP contribution in [0.3, 0.4) is 0 Å². The van der Waals surface area contributed by atoms with Crippen molar-refractivity contribution in [3.05, 3.63) is 29.8 Å². The van der Waals surface area contributed by atoms with E-state index in [0.29, 0.717) is 5.69 Å². The smallest absolute Gasteiger partial charge is 0.221 e. The first-order valence-electron chi connectivity index (χ1n) is 4.52. The van der Waals surface area contributed by atoms with Gasteiger partial charge in [0.15, 0.2) is 0 Å². The molecule has 4 heteroatoms. The van der Waals surface area contributed by atoms with Gasteiger partial charge in [-0.3, -0.25) is 4.79 Å². The Bertz CT molecular complexity index is 386. The normalized spacial score (nSPS) is 10.5. The first kappa shape index (κ1) is 11.1. The minimum absolute atomic E-state index is 0.205. The van der Waals surface area contributed by atoms with Crippen LogP contribution in [0.1, 0.15) is 12.0 Å². The van der Waals surface area contributed by atoms with Crippen LogP contribution in [-0.2, 0) is 4.79 Å². The molecule has 0 radical (unpaired) electrons. The number of rotatable bonds is 4. The lowest BCUT2D eigenvalue weighted by Crippen LogP contribution is -2.07. The molecule has 0 bridgehead atoms. The van der Waals surface area contributed by atoms with Crippen molar-refractivity contribution < 1.29 is 9.53 Å². The highest BCUT2D eigenvalue weighted by Crippen LogP contribution is 2.20. The molecule has 15 heavy (non-hydrogen) atoms. The van der Waals surface area contributed by atoms with Crippen molar-refractivity contribution in [2.45, 2.75) is 6.42 Å². The first-order chi connectivity index (χ1) is 7.13. The molecule has 1 rings (SSSR count). The zero-order valence-corrected chi connectivity index (χ0v) is 8.57. The Morgan fingerprint density at radius 3 is 2.87 bits per heavy atom. The Kier molecular flexibility index (Phi) is 3.74. The third-order valence-corrected chi connectivity index (χ3v) is 1.91. The molecule has 0 aliphatic rings. The maximum absolute atomic E-state index is 10.5. The molecule has 80 valence electrons. The Balaban J connectivity index is 2.83. The van der Waals surface area contributed by atoms with Crippen LogP contribution in [0.5, 0.6) is 5.75 Å². The maximum atomic E-state index is 10.5. The highest BCUT2D eigenvalue weighted by Gasteiger charge is 1.97. The maximum Gasteiger partial charge on any atom is 0.221 e. The Morgan fingerprint density at radius 2 is 2.27 bits per heavy atom. The number of nitrogen functional groups attached to an aromatic ring is 1. The highest BCUT2D eigenvalue weighted by molar-refractivity contribution is 5.77. The number of hydrogen-bond acceptors (Lipinski definition) is 3. The predicted molar refractivity (Wildman–Crippen MR) is 60.3 cm³/mol. The average Bonchev–Trinajstić information content (AvgIpc) is 2.20. The molecule has 0 spiro atoms. The summed E-state index contributed by atoms with van der Waals surface area (Å²) in [7, 11) is 1.59. The average molecular weight is 206 g/mol. The van der Waals surface area contributed by atoms with Crippen molar-refractivity contribution in [2.24, 2.45) is 5.73 Å². The van der Waals surface area contributed by atoms with Gasteiger partial charge >= 0.3 is 0 Å². The minimum Gasteiger partial charge on any atom is -0.497 e. The van der Waals surface area contributed by atoms with E-state index in [1.807, 2.05) is 0 Å². The van der Waals surface area contributed by atoms with E-state index in [4.69, 9.17) is 16.2 Å². The van der Waals surface area contributed by atoms with E-state index in [9.17, 15) is 4.79 Å². The molecule has 0 saturated heterocycles. The molecule has 1 amide bonds. The molecule has 0 aromatic heterocycles.